The number of carbonyl (C=O) groups is 1. The van der Waals surface area contributed by atoms with Crippen molar-refractivity contribution in [2.75, 3.05) is 19.4 Å². The standard InChI is InChI=1S/C23H25N7O/c1-30(2)13-20-25-22(29-27-20)16-9-10-19-18(12-16)21(28-26-19)15-7-4-8-17(11-15)24-23(31)14-5-3-6-14/h4,7-12,14H,3,5-6,13H2,1-2H3,(H,24,31)(H,26,28)(H,25,27,29). The minimum absolute atomic E-state index is 0.107. The number of amides is 1. The number of rotatable bonds is 6. The van der Waals surface area contributed by atoms with Gasteiger partial charge in [-0.15, -0.1) is 0 Å². The van der Waals surface area contributed by atoms with Gasteiger partial charge in [-0.3, -0.25) is 15.0 Å². The van der Waals surface area contributed by atoms with E-state index in [0.717, 1.165) is 58.5 Å². The van der Waals surface area contributed by atoms with E-state index in [1.807, 2.05) is 55.4 Å². The van der Waals surface area contributed by atoms with Crippen LogP contribution >= 0.6 is 0 Å². The number of aromatic amines is 2. The molecule has 0 saturated heterocycles. The number of aromatic nitrogens is 5. The third-order valence-electron chi connectivity index (χ3n) is 5.70. The van der Waals surface area contributed by atoms with E-state index >= 15 is 0 Å². The average molecular weight is 416 g/mol. The molecule has 1 amide bonds. The second kappa shape index (κ2) is 7.96. The topological polar surface area (TPSA) is 103 Å². The lowest BCUT2D eigenvalue weighted by molar-refractivity contribution is -0.122. The number of anilines is 1. The first kappa shape index (κ1) is 19.4. The van der Waals surface area contributed by atoms with Gasteiger partial charge in [0, 0.05) is 28.1 Å². The van der Waals surface area contributed by atoms with E-state index in [1.54, 1.807) is 0 Å². The Kier molecular flexibility index (Phi) is 4.99. The van der Waals surface area contributed by atoms with Crippen molar-refractivity contribution >= 4 is 22.5 Å². The van der Waals surface area contributed by atoms with E-state index in [2.05, 4.69) is 36.8 Å². The molecule has 0 atom stereocenters. The number of benzene rings is 2. The zero-order valence-electron chi connectivity index (χ0n) is 17.6. The van der Waals surface area contributed by atoms with E-state index in [4.69, 9.17) is 0 Å². The molecule has 0 bridgehead atoms. The summed E-state index contributed by atoms with van der Waals surface area (Å²) in [6.07, 6.45) is 3.10. The van der Waals surface area contributed by atoms with Gasteiger partial charge < -0.3 is 10.2 Å². The maximum absolute atomic E-state index is 12.3. The predicted molar refractivity (Wildman–Crippen MR) is 120 cm³/mol. The summed E-state index contributed by atoms with van der Waals surface area (Å²) in [5.41, 5.74) is 4.43. The number of hydrogen-bond acceptors (Lipinski definition) is 5. The first-order valence-corrected chi connectivity index (χ1v) is 10.5. The Bertz CT molecular complexity index is 1240. The van der Waals surface area contributed by atoms with Gasteiger partial charge in [-0.25, -0.2) is 4.98 Å². The van der Waals surface area contributed by atoms with Crippen LogP contribution in [0.2, 0.25) is 0 Å². The first-order chi connectivity index (χ1) is 15.1. The highest BCUT2D eigenvalue weighted by Crippen LogP contribution is 2.32. The van der Waals surface area contributed by atoms with Crippen LogP contribution < -0.4 is 5.32 Å². The molecule has 2 aromatic heterocycles. The predicted octanol–water partition coefficient (Wildman–Crippen LogP) is 3.82. The Balaban J connectivity index is 1.45. The molecular weight excluding hydrogens is 390 g/mol. The average Bonchev–Trinajstić information content (AvgIpc) is 3.32. The molecule has 1 fully saturated rings. The minimum atomic E-state index is 0.107. The highest BCUT2D eigenvalue weighted by atomic mass is 16.1. The van der Waals surface area contributed by atoms with Crippen molar-refractivity contribution in [3.63, 3.8) is 0 Å². The molecule has 5 rings (SSSR count). The van der Waals surface area contributed by atoms with E-state index in [-0.39, 0.29) is 11.8 Å². The lowest BCUT2D eigenvalue weighted by atomic mass is 9.85. The van der Waals surface area contributed by atoms with Crippen molar-refractivity contribution in [2.24, 2.45) is 5.92 Å². The van der Waals surface area contributed by atoms with Crippen LogP contribution in [0.3, 0.4) is 0 Å². The lowest BCUT2D eigenvalue weighted by Gasteiger charge is -2.24. The van der Waals surface area contributed by atoms with Gasteiger partial charge in [0.15, 0.2) is 5.82 Å². The van der Waals surface area contributed by atoms with Gasteiger partial charge in [0.25, 0.3) is 0 Å². The number of carbonyl (C=O) groups excluding carboxylic acids is 1. The van der Waals surface area contributed by atoms with Gasteiger partial charge >= 0.3 is 0 Å². The fourth-order valence-electron chi connectivity index (χ4n) is 3.83. The quantitative estimate of drug-likeness (QED) is 0.444. The fourth-order valence-corrected chi connectivity index (χ4v) is 3.83. The second-order valence-corrected chi connectivity index (χ2v) is 8.37. The summed E-state index contributed by atoms with van der Waals surface area (Å²) >= 11 is 0. The van der Waals surface area contributed by atoms with Crippen LogP contribution in [-0.2, 0) is 11.3 Å². The van der Waals surface area contributed by atoms with Crippen molar-refractivity contribution < 1.29 is 4.79 Å². The zero-order chi connectivity index (χ0) is 21.4. The summed E-state index contributed by atoms with van der Waals surface area (Å²) in [6, 6.07) is 13.9. The van der Waals surface area contributed by atoms with E-state index in [9.17, 15) is 4.79 Å². The summed E-state index contributed by atoms with van der Waals surface area (Å²) in [6.45, 7) is 0.700. The monoisotopic (exact) mass is 415 g/mol. The van der Waals surface area contributed by atoms with Crippen molar-refractivity contribution in [3.05, 3.63) is 48.3 Å². The summed E-state index contributed by atoms with van der Waals surface area (Å²) < 4.78 is 0. The summed E-state index contributed by atoms with van der Waals surface area (Å²) in [5, 5.41) is 19.0. The van der Waals surface area contributed by atoms with Crippen LogP contribution in [0.1, 0.15) is 25.1 Å². The Hall–Kier alpha value is -3.52. The molecular formula is C23H25N7O. The van der Waals surface area contributed by atoms with E-state index in [0.29, 0.717) is 12.4 Å². The first-order valence-electron chi connectivity index (χ1n) is 10.5. The summed E-state index contributed by atoms with van der Waals surface area (Å²) in [5.74, 6) is 1.74. The van der Waals surface area contributed by atoms with Crippen molar-refractivity contribution in [2.45, 2.75) is 25.8 Å². The fraction of sp³-hybridized carbons (Fsp3) is 0.304. The molecule has 3 N–H and O–H groups in total. The number of fused-ring (bicyclic) bond motifs is 1. The molecule has 2 heterocycles. The molecule has 2 aromatic carbocycles. The maximum atomic E-state index is 12.3. The van der Waals surface area contributed by atoms with E-state index in [1.165, 1.54) is 0 Å². The molecule has 1 aliphatic rings. The normalized spacial score (nSPS) is 14.2. The molecule has 1 saturated carbocycles. The van der Waals surface area contributed by atoms with Gasteiger partial charge in [-0.2, -0.15) is 10.2 Å². The van der Waals surface area contributed by atoms with Gasteiger partial charge in [0.2, 0.25) is 5.91 Å². The van der Waals surface area contributed by atoms with Crippen LogP contribution in [0.25, 0.3) is 33.5 Å². The maximum Gasteiger partial charge on any atom is 0.227 e. The van der Waals surface area contributed by atoms with Gasteiger partial charge in [0.1, 0.15) is 5.82 Å². The molecule has 0 radical (unpaired) electrons. The molecule has 0 aliphatic heterocycles. The molecule has 1 aliphatic carbocycles. The van der Waals surface area contributed by atoms with Gasteiger partial charge in [-0.05, 0) is 57.3 Å². The third-order valence-corrected chi connectivity index (χ3v) is 5.70. The summed E-state index contributed by atoms with van der Waals surface area (Å²) in [4.78, 5) is 19.0. The Morgan fingerprint density at radius 1 is 1.10 bits per heavy atom. The Labute approximate surface area is 180 Å². The summed E-state index contributed by atoms with van der Waals surface area (Å²) in [7, 11) is 3.99. The highest BCUT2D eigenvalue weighted by molar-refractivity contribution is 5.97. The Morgan fingerprint density at radius 2 is 1.97 bits per heavy atom. The Morgan fingerprint density at radius 3 is 2.74 bits per heavy atom. The van der Waals surface area contributed by atoms with Crippen LogP contribution in [-0.4, -0.2) is 50.3 Å². The number of nitrogens with one attached hydrogen (secondary N) is 3. The minimum Gasteiger partial charge on any atom is -0.326 e. The number of nitrogens with zero attached hydrogens (tertiary/aromatic N) is 4. The largest absolute Gasteiger partial charge is 0.326 e. The molecule has 31 heavy (non-hydrogen) atoms. The van der Waals surface area contributed by atoms with Crippen molar-refractivity contribution in [1.29, 1.82) is 0 Å². The number of hydrogen-bond donors (Lipinski definition) is 3. The van der Waals surface area contributed by atoms with Crippen LogP contribution in [0.5, 0.6) is 0 Å². The van der Waals surface area contributed by atoms with Crippen LogP contribution in [0, 0.1) is 5.92 Å². The van der Waals surface area contributed by atoms with Crippen LogP contribution in [0.4, 0.5) is 5.69 Å². The molecule has 8 nitrogen and oxygen atoms in total. The lowest BCUT2D eigenvalue weighted by Crippen LogP contribution is -2.27. The second-order valence-electron chi connectivity index (χ2n) is 8.37. The molecule has 8 heteroatoms. The molecule has 4 aromatic rings. The SMILES string of the molecule is CN(C)Cc1nc(-c2ccc3[nH]nc(-c4cccc(NC(=O)C5CCC5)c4)c3c2)n[nH]1. The zero-order valence-corrected chi connectivity index (χ0v) is 17.6. The van der Waals surface area contributed by atoms with Gasteiger partial charge in [-0.1, -0.05) is 18.6 Å². The smallest absolute Gasteiger partial charge is 0.227 e. The number of H-pyrrole nitrogens is 2. The van der Waals surface area contributed by atoms with Crippen LogP contribution in [0.15, 0.2) is 42.5 Å². The molecule has 0 unspecified atom stereocenters. The van der Waals surface area contributed by atoms with E-state index < -0.39 is 0 Å². The molecule has 158 valence electrons. The van der Waals surface area contributed by atoms with Crippen molar-refractivity contribution in [1.82, 2.24) is 30.3 Å². The third kappa shape index (κ3) is 3.94. The highest BCUT2D eigenvalue weighted by Gasteiger charge is 2.25. The van der Waals surface area contributed by atoms with Crippen molar-refractivity contribution in [3.8, 4) is 22.6 Å². The molecule has 0 spiro atoms. The van der Waals surface area contributed by atoms with Gasteiger partial charge in [0.05, 0.1) is 17.8 Å².